The Labute approximate surface area is 183 Å². The van der Waals surface area contributed by atoms with Gasteiger partial charge in [0.05, 0.1) is 16.6 Å². The van der Waals surface area contributed by atoms with Gasteiger partial charge in [-0.3, -0.25) is 9.59 Å². The summed E-state index contributed by atoms with van der Waals surface area (Å²) in [6.07, 6.45) is 4.79. The van der Waals surface area contributed by atoms with Gasteiger partial charge in [-0.05, 0) is 36.8 Å². The van der Waals surface area contributed by atoms with Crippen molar-refractivity contribution in [2.24, 2.45) is 5.92 Å². The van der Waals surface area contributed by atoms with Crippen molar-refractivity contribution in [3.63, 3.8) is 0 Å². The molecule has 0 aliphatic heterocycles. The third-order valence-electron chi connectivity index (χ3n) is 6.30. The van der Waals surface area contributed by atoms with E-state index in [1.165, 1.54) is 10.4 Å². The van der Waals surface area contributed by atoms with E-state index in [1.807, 2.05) is 12.1 Å². The van der Waals surface area contributed by atoms with Gasteiger partial charge in [-0.2, -0.15) is 0 Å². The molecule has 5 nitrogen and oxygen atoms in total. The van der Waals surface area contributed by atoms with Gasteiger partial charge in [-0.1, -0.05) is 43.3 Å². The number of nitrogens with one attached hydrogen (secondary N) is 1. The van der Waals surface area contributed by atoms with Crippen LogP contribution in [0.25, 0.3) is 10.2 Å². The maximum atomic E-state index is 13.3. The smallest absolute Gasteiger partial charge is 0.196 e. The maximum absolute atomic E-state index is 13.3. The molecule has 6 rings (SSSR count). The van der Waals surface area contributed by atoms with Gasteiger partial charge in [0.15, 0.2) is 11.6 Å². The number of thiophene rings is 1. The lowest BCUT2D eigenvalue weighted by Gasteiger charge is -2.21. The predicted molar refractivity (Wildman–Crippen MR) is 122 cm³/mol. The van der Waals surface area contributed by atoms with Crippen molar-refractivity contribution < 1.29 is 9.59 Å². The van der Waals surface area contributed by atoms with Crippen LogP contribution in [-0.4, -0.2) is 21.5 Å². The quantitative estimate of drug-likeness (QED) is 0.414. The number of nitrogens with zero attached hydrogens (tertiary/aromatic N) is 2. The molecule has 152 valence electrons. The molecule has 0 saturated heterocycles. The SMILES string of the molecule is CC1CCc2c(sc3ncnc(Nc4cccc5c4C(=O)c4ccccc4C5=O)c23)C1. The molecule has 1 N–H and O–H groups in total. The summed E-state index contributed by atoms with van der Waals surface area (Å²) < 4.78 is 0. The fraction of sp³-hybridized carbons (Fsp3) is 0.200. The van der Waals surface area contributed by atoms with Crippen molar-refractivity contribution in [3.05, 3.63) is 81.5 Å². The first-order chi connectivity index (χ1) is 15.1. The number of anilines is 2. The Morgan fingerprint density at radius 3 is 2.58 bits per heavy atom. The van der Waals surface area contributed by atoms with Crippen LogP contribution >= 0.6 is 11.3 Å². The molecule has 0 fully saturated rings. The Hall–Kier alpha value is -3.38. The highest BCUT2D eigenvalue weighted by molar-refractivity contribution is 7.19. The lowest BCUT2D eigenvalue weighted by atomic mass is 9.83. The molecule has 0 radical (unpaired) electrons. The molecule has 2 aromatic carbocycles. The predicted octanol–water partition coefficient (Wildman–Crippen LogP) is 5.34. The highest BCUT2D eigenvalue weighted by Gasteiger charge is 2.32. The van der Waals surface area contributed by atoms with Crippen LogP contribution in [-0.2, 0) is 12.8 Å². The van der Waals surface area contributed by atoms with Crippen LogP contribution in [0.3, 0.4) is 0 Å². The van der Waals surface area contributed by atoms with Gasteiger partial charge >= 0.3 is 0 Å². The van der Waals surface area contributed by atoms with E-state index in [1.54, 1.807) is 48.0 Å². The molecule has 2 aliphatic carbocycles. The second-order valence-corrected chi connectivity index (χ2v) is 9.39. The minimum absolute atomic E-state index is 0.122. The van der Waals surface area contributed by atoms with E-state index in [4.69, 9.17) is 0 Å². The highest BCUT2D eigenvalue weighted by Crippen LogP contribution is 2.41. The minimum Gasteiger partial charge on any atom is -0.339 e. The average Bonchev–Trinajstić information content (AvgIpc) is 3.16. The number of rotatable bonds is 2. The standard InChI is InChI=1S/C25H19N3O2S/c1-13-9-10-16-19(11-13)31-25-21(16)24(26-12-27-25)28-18-8-4-7-17-20(18)23(30)15-6-3-2-5-14(15)22(17)29/h2-8,12-13H,9-11H2,1H3,(H,26,27,28). The molecule has 1 unspecified atom stereocenters. The zero-order valence-electron chi connectivity index (χ0n) is 16.9. The molecule has 0 amide bonds. The number of aromatic nitrogens is 2. The van der Waals surface area contributed by atoms with Crippen LogP contribution < -0.4 is 5.32 Å². The third kappa shape index (κ3) is 2.75. The molecule has 1 atom stereocenters. The van der Waals surface area contributed by atoms with Crippen molar-refractivity contribution in [2.75, 3.05) is 5.32 Å². The van der Waals surface area contributed by atoms with E-state index in [2.05, 4.69) is 22.2 Å². The first kappa shape index (κ1) is 18.4. The molecule has 0 bridgehead atoms. The summed E-state index contributed by atoms with van der Waals surface area (Å²) in [5.74, 6) is 1.11. The number of hydrogen-bond donors (Lipinski definition) is 1. The van der Waals surface area contributed by atoms with Crippen LogP contribution in [0.1, 0.15) is 55.6 Å². The Balaban J connectivity index is 1.49. The number of fused-ring (bicyclic) bond motifs is 5. The zero-order valence-corrected chi connectivity index (χ0v) is 17.8. The zero-order chi connectivity index (χ0) is 21.1. The lowest BCUT2D eigenvalue weighted by molar-refractivity contribution is 0.0979. The number of aryl methyl sites for hydroxylation is 1. The molecule has 4 aromatic rings. The van der Waals surface area contributed by atoms with E-state index in [0.717, 1.165) is 29.5 Å². The van der Waals surface area contributed by atoms with Crippen molar-refractivity contribution in [1.29, 1.82) is 0 Å². The summed E-state index contributed by atoms with van der Waals surface area (Å²) in [5, 5.41) is 4.43. The van der Waals surface area contributed by atoms with Crippen molar-refractivity contribution in [2.45, 2.75) is 26.2 Å². The van der Waals surface area contributed by atoms with E-state index in [9.17, 15) is 9.59 Å². The molecule has 2 heterocycles. The van der Waals surface area contributed by atoms with Crippen molar-refractivity contribution >= 4 is 44.6 Å². The number of hydrogen-bond acceptors (Lipinski definition) is 6. The number of carbonyl (C=O) groups is 2. The molecule has 0 spiro atoms. The Morgan fingerprint density at radius 2 is 1.74 bits per heavy atom. The topological polar surface area (TPSA) is 72.0 Å². The molecule has 6 heteroatoms. The second kappa shape index (κ2) is 6.82. The number of benzene rings is 2. The van der Waals surface area contributed by atoms with Crippen LogP contribution in [0.5, 0.6) is 0 Å². The fourth-order valence-corrected chi connectivity index (χ4v) is 6.10. The third-order valence-corrected chi connectivity index (χ3v) is 7.46. The molecule has 0 saturated carbocycles. The van der Waals surface area contributed by atoms with Gasteiger partial charge < -0.3 is 5.32 Å². The summed E-state index contributed by atoms with van der Waals surface area (Å²) in [6.45, 7) is 2.29. The molecular formula is C25H19N3O2S. The van der Waals surface area contributed by atoms with Gasteiger partial charge in [0.2, 0.25) is 0 Å². The van der Waals surface area contributed by atoms with E-state index in [-0.39, 0.29) is 11.6 Å². The molecule has 2 aromatic heterocycles. The van der Waals surface area contributed by atoms with Gasteiger partial charge in [-0.25, -0.2) is 9.97 Å². The summed E-state index contributed by atoms with van der Waals surface area (Å²) in [6, 6.07) is 12.4. The summed E-state index contributed by atoms with van der Waals surface area (Å²) in [5.41, 5.74) is 3.68. The van der Waals surface area contributed by atoms with Crippen LogP contribution in [0.4, 0.5) is 11.5 Å². The Morgan fingerprint density at radius 1 is 0.968 bits per heavy atom. The van der Waals surface area contributed by atoms with E-state index < -0.39 is 0 Å². The number of ketones is 2. The van der Waals surface area contributed by atoms with Gasteiger partial charge in [-0.15, -0.1) is 11.3 Å². The first-order valence-corrected chi connectivity index (χ1v) is 11.3. The van der Waals surface area contributed by atoms with Crippen molar-refractivity contribution in [3.8, 4) is 0 Å². The maximum Gasteiger partial charge on any atom is 0.196 e. The molecule has 2 aliphatic rings. The van der Waals surface area contributed by atoms with Crippen LogP contribution in [0.2, 0.25) is 0 Å². The number of carbonyl (C=O) groups excluding carboxylic acids is 2. The van der Waals surface area contributed by atoms with E-state index in [0.29, 0.717) is 39.7 Å². The first-order valence-electron chi connectivity index (χ1n) is 10.5. The average molecular weight is 426 g/mol. The van der Waals surface area contributed by atoms with Crippen molar-refractivity contribution in [1.82, 2.24) is 9.97 Å². The molecule has 31 heavy (non-hydrogen) atoms. The minimum atomic E-state index is -0.139. The van der Waals surface area contributed by atoms with Gasteiger partial charge in [0.25, 0.3) is 0 Å². The summed E-state index contributed by atoms with van der Waals surface area (Å²) >= 11 is 1.74. The van der Waals surface area contributed by atoms with E-state index >= 15 is 0 Å². The molecular weight excluding hydrogens is 406 g/mol. The largest absolute Gasteiger partial charge is 0.339 e. The van der Waals surface area contributed by atoms with Crippen LogP contribution in [0.15, 0.2) is 48.8 Å². The Bertz CT molecular complexity index is 1410. The highest BCUT2D eigenvalue weighted by atomic mass is 32.1. The monoisotopic (exact) mass is 425 g/mol. The van der Waals surface area contributed by atoms with Gasteiger partial charge in [0, 0.05) is 21.6 Å². The lowest BCUT2D eigenvalue weighted by Crippen LogP contribution is -2.22. The summed E-state index contributed by atoms with van der Waals surface area (Å²) in [4.78, 5) is 37.8. The Kier molecular flexibility index (Phi) is 4.05. The normalized spacial score (nSPS) is 17.3. The summed E-state index contributed by atoms with van der Waals surface area (Å²) in [7, 11) is 0. The second-order valence-electron chi connectivity index (χ2n) is 8.31. The fourth-order valence-electron chi connectivity index (χ4n) is 4.75. The van der Waals surface area contributed by atoms with Gasteiger partial charge in [0.1, 0.15) is 17.0 Å². The van der Waals surface area contributed by atoms with Crippen LogP contribution in [0, 0.1) is 5.92 Å².